The number of nitrogens with zero attached hydrogens (tertiary/aromatic N) is 3. The van der Waals surface area contributed by atoms with E-state index in [2.05, 4.69) is 25.4 Å². The van der Waals surface area contributed by atoms with Crippen molar-refractivity contribution in [3.63, 3.8) is 0 Å². The smallest absolute Gasteiger partial charge is 0.251 e. The fourth-order valence-electron chi connectivity index (χ4n) is 4.83. The van der Waals surface area contributed by atoms with Gasteiger partial charge >= 0.3 is 0 Å². The van der Waals surface area contributed by atoms with E-state index in [1.165, 1.54) is 19.3 Å². The van der Waals surface area contributed by atoms with Gasteiger partial charge < -0.3 is 15.2 Å². The Bertz CT molecular complexity index is 1180. The lowest BCUT2D eigenvalue weighted by atomic mass is 9.82. The number of nitrogens with one attached hydrogen (secondary N) is 2. The Labute approximate surface area is 216 Å². The molecule has 0 saturated heterocycles. The molecule has 0 radical (unpaired) electrons. The average Bonchev–Trinajstić information content (AvgIpc) is 3.38. The van der Waals surface area contributed by atoms with Crippen molar-refractivity contribution in [1.82, 2.24) is 25.4 Å². The number of fused-ring (bicyclic) bond motifs is 1. The SMILES string of the molecule is O=C(NC[C@H](O)CN1CCc2c(ccc(OCc3cn[nH]c3)c2Cl)C1)c1ccnc(CC2CCC2)c1. The van der Waals surface area contributed by atoms with Crippen molar-refractivity contribution in [3.8, 4) is 5.75 Å². The first-order valence-corrected chi connectivity index (χ1v) is 13.0. The Morgan fingerprint density at radius 2 is 2.22 bits per heavy atom. The second kappa shape index (κ2) is 11.4. The van der Waals surface area contributed by atoms with E-state index in [0.29, 0.717) is 41.9 Å². The van der Waals surface area contributed by atoms with Crippen molar-refractivity contribution < 1.29 is 14.6 Å². The Hall–Kier alpha value is -2.94. The minimum absolute atomic E-state index is 0.176. The Kier molecular flexibility index (Phi) is 7.84. The second-order valence-corrected chi connectivity index (χ2v) is 10.2. The third kappa shape index (κ3) is 6.06. The number of hydrogen-bond acceptors (Lipinski definition) is 6. The maximum atomic E-state index is 12.6. The summed E-state index contributed by atoms with van der Waals surface area (Å²) < 4.78 is 5.87. The van der Waals surface area contributed by atoms with Gasteiger partial charge in [-0.3, -0.25) is 19.8 Å². The van der Waals surface area contributed by atoms with Crippen molar-refractivity contribution in [2.24, 2.45) is 5.92 Å². The molecule has 1 amide bonds. The maximum absolute atomic E-state index is 12.6. The summed E-state index contributed by atoms with van der Waals surface area (Å²) in [5.74, 6) is 1.19. The summed E-state index contributed by atoms with van der Waals surface area (Å²) >= 11 is 6.65. The molecule has 0 bridgehead atoms. The van der Waals surface area contributed by atoms with E-state index in [0.717, 1.165) is 41.8 Å². The lowest BCUT2D eigenvalue weighted by Crippen LogP contribution is -2.42. The number of halogens is 1. The number of H-pyrrole nitrogens is 1. The number of carbonyl (C=O) groups excluding carboxylic acids is 1. The monoisotopic (exact) mass is 509 g/mol. The van der Waals surface area contributed by atoms with Crippen LogP contribution in [0.15, 0.2) is 42.9 Å². The number of aliphatic hydroxyl groups excluding tert-OH is 1. The summed E-state index contributed by atoms with van der Waals surface area (Å²) in [6.45, 7) is 2.54. The molecule has 2 aromatic heterocycles. The van der Waals surface area contributed by atoms with Crippen molar-refractivity contribution >= 4 is 17.5 Å². The van der Waals surface area contributed by atoms with Crippen LogP contribution < -0.4 is 10.1 Å². The second-order valence-electron chi connectivity index (χ2n) is 9.80. The van der Waals surface area contributed by atoms with E-state index < -0.39 is 6.10 Å². The molecule has 9 heteroatoms. The first-order chi connectivity index (χ1) is 17.5. The third-order valence-corrected chi connectivity index (χ3v) is 7.51. The fraction of sp³-hybridized carbons (Fsp3) is 0.444. The average molecular weight is 510 g/mol. The highest BCUT2D eigenvalue weighted by Gasteiger charge is 2.23. The summed E-state index contributed by atoms with van der Waals surface area (Å²) in [6.07, 6.45) is 10.0. The number of amides is 1. The van der Waals surface area contributed by atoms with Gasteiger partial charge in [-0.05, 0) is 48.1 Å². The minimum Gasteiger partial charge on any atom is -0.487 e. The molecule has 36 heavy (non-hydrogen) atoms. The molecule has 3 heterocycles. The van der Waals surface area contributed by atoms with E-state index in [9.17, 15) is 9.90 Å². The van der Waals surface area contributed by atoms with E-state index in [1.54, 1.807) is 24.7 Å². The molecule has 2 aliphatic rings. The van der Waals surface area contributed by atoms with Crippen molar-refractivity contribution in [3.05, 3.63) is 75.8 Å². The minimum atomic E-state index is -0.667. The lowest BCUT2D eigenvalue weighted by molar-refractivity contribution is 0.0841. The number of β-amino-alcohol motifs (C(OH)–C–C–N with tert-alkyl or cyclic N) is 1. The van der Waals surface area contributed by atoms with Crippen LogP contribution in [0, 0.1) is 5.92 Å². The first kappa shape index (κ1) is 24.7. The number of aromatic nitrogens is 3. The van der Waals surface area contributed by atoms with Crippen LogP contribution in [0.2, 0.25) is 5.02 Å². The van der Waals surface area contributed by atoms with Gasteiger partial charge in [0.25, 0.3) is 5.91 Å². The molecule has 0 spiro atoms. The predicted molar refractivity (Wildman–Crippen MR) is 137 cm³/mol. The third-order valence-electron chi connectivity index (χ3n) is 7.09. The zero-order valence-corrected chi connectivity index (χ0v) is 21.0. The normalized spacial score (nSPS) is 16.7. The molecule has 1 fully saturated rings. The van der Waals surface area contributed by atoms with Gasteiger partial charge in [-0.15, -0.1) is 0 Å². The van der Waals surface area contributed by atoms with Gasteiger partial charge in [-0.2, -0.15) is 5.10 Å². The zero-order valence-electron chi connectivity index (χ0n) is 20.3. The molecule has 1 saturated carbocycles. The van der Waals surface area contributed by atoms with Crippen LogP contribution in [0.3, 0.4) is 0 Å². The number of aliphatic hydroxyl groups is 1. The molecule has 1 aromatic carbocycles. The number of ether oxygens (including phenoxy) is 1. The zero-order chi connectivity index (χ0) is 24.9. The van der Waals surface area contributed by atoms with Gasteiger partial charge in [0, 0.05) is 55.4 Å². The van der Waals surface area contributed by atoms with E-state index in [-0.39, 0.29) is 12.5 Å². The molecule has 5 rings (SSSR count). The fourth-order valence-corrected chi connectivity index (χ4v) is 5.17. The summed E-state index contributed by atoms with van der Waals surface area (Å²) in [4.78, 5) is 19.2. The number of aromatic amines is 1. The van der Waals surface area contributed by atoms with Gasteiger partial charge in [0.05, 0.1) is 17.3 Å². The Balaban J connectivity index is 1.10. The van der Waals surface area contributed by atoms with Gasteiger partial charge in [0.15, 0.2) is 0 Å². The summed E-state index contributed by atoms with van der Waals surface area (Å²) in [5.41, 5.74) is 4.74. The number of carbonyl (C=O) groups is 1. The van der Waals surface area contributed by atoms with Crippen molar-refractivity contribution in [1.29, 1.82) is 0 Å². The molecule has 1 aliphatic heterocycles. The van der Waals surface area contributed by atoms with E-state index in [1.807, 2.05) is 18.2 Å². The highest BCUT2D eigenvalue weighted by Crippen LogP contribution is 2.34. The van der Waals surface area contributed by atoms with Crippen LogP contribution in [-0.4, -0.2) is 56.8 Å². The van der Waals surface area contributed by atoms with Crippen LogP contribution in [0.4, 0.5) is 0 Å². The quantitative estimate of drug-likeness (QED) is 0.386. The van der Waals surface area contributed by atoms with E-state index >= 15 is 0 Å². The van der Waals surface area contributed by atoms with Crippen LogP contribution in [0.25, 0.3) is 0 Å². The number of pyridine rings is 1. The maximum Gasteiger partial charge on any atom is 0.251 e. The van der Waals surface area contributed by atoms with Crippen LogP contribution in [-0.2, 0) is 26.0 Å². The van der Waals surface area contributed by atoms with Gasteiger partial charge in [0.2, 0.25) is 0 Å². The van der Waals surface area contributed by atoms with Crippen molar-refractivity contribution in [2.75, 3.05) is 19.6 Å². The standard InChI is InChI=1S/C27H32ClN5O3/c28-26-24-7-9-33(15-21(24)4-5-25(26)36-17-19-12-31-32-13-19)16-23(34)14-30-27(35)20-6-8-29-22(11-20)10-18-2-1-3-18/h4-6,8,11-13,18,23,34H,1-3,7,9-10,14-17H2,(H,30,35)(H,31,32)/t23-/m0/s1. The van der Waals surface area contributed by atoms with E-state index in [4.69, 9.17) is 16.3 Å². The van der Waals surface area contributed by atoms with Gasteiger partial charge in [-0.25, -0.2) is 0 Å². The van der Waals surface area contributed by atoms with Crippen LogP contribution >= 0.6 is 11.6 Å². The molecule has 3 N–H and O–H groups in total. The molecule has 190 valence electrons. The first-order valence-electron chi connectivity index (χ1n) is 12.6. The highest BCUT2D eigenvalue weighted by atomic mass is 35.5. The predicted octanol–water partition coefficient (Wildman–Crippen LogP) is 3.53. The summed E-state index contributed by atoms with van der Waals surface area (Å²) in [6, 6.07) is 7.54. The van der Waals surface area contributed by atoms with Crippen LogP contribution in [0.5, 0.6) is 5.75 Å². The van der Waals surface area contributed by atoms with Gasteiger partial charge in [0.1, 0.15) is 12.4 Å². The lowest BCUT2D eigenvalue weighted by Gasteiger charge is -2.31. The molecule has 1 atom stereocenters. The largest absolute Gasteiger partial charge is 0.487 e. The molecule has 0 unspecified atom stereocenters. The molecule has 8 nitrogen and oxygen atoms in total. The van der Waals surface area contributed by atoms with Crippen molar-refractivity contribution in [2.45, 2.75) is 51.4 Å². The molecular weight excluding hydrogens is 478 g/mol. The van der Waals surface area contributed by atoms with Gasteiger partial charge in [-0.1, -0.05) is 36.9 Å². The number of hydrogen-bond donors (Lipinski definition) is 3. The summed E-state index contributed by atoms with van der Waals surface area (Å²) in [7, 11) is 0. The number of benzene rings is 1. The topological polar surface area (TPSA) is 103 Å². The Morgan fingerprint density at radius 1 is 1.33 bits per heavy atom. The molecular formula is C27H32ClN5O3. The molecule has 1 aliphatic carbocycles. The highest BCUT2D eigenvalue weighted by molar-refractivity contribution is 6.33. The Morgan fingerprint density at radius 3 is 3.00 bits per heavy atom. The van der Waals surface area contributed by atoms with Crippen LogP contribution in [0.1, 0.15) is 52.0 Å². The number of rotatable bonds is 10. The summed E-state index contributed by atoms with van der Waals surface area (Å²) in [5, 5.41) is 20.8. The molecule has 3 aromatic rings.